The second-order valence-electron chi connectivity index (χ2n) is 6.44. The van der Waals surface area contributed by atoms with E-state index in [-0.39, 0.29) is 11.2 Å². The molecule has 0 unspecified atom stereocenters. The summed E-state index contributed by atoms with van der Waals surface area (Å²) in [7, 11) is 0. The van der Waals surface area contributed by atoms with Crippen LogP contribution in [0.4, 0.5) is 0 Å². The van der Waals surface area contributed by atoms with Crippen molar-refractivity contribution < 1.29 is 4.79 Å². The SMILES string of the molecule is Cc1ccc(-n2ccc3c2CC(C)(C)CC3=O)c(Br)c1. The predicted molar refractivity (Wildman–Crippen MR) is 84.6 cm³/mol. The lowest BCUT2D eigenvalue weighted by Crippen LogP contribution is -2.27. The molecule has 20 heavy (non-hydrogen) atoms. The third-order valence-electron chi connectivity index (χ3n) is 3.94. The zero-order chi connectivity index (χ0) is 14.5. The summed E-state index contributed by atoms with van der Waals surface area (Å²) in [6.07, 6.45) is 3.58. The zero-order valence-electron chi connectivity index (χ0n) is 12.0. The molecule has 1 aliphatic rings. The Morgan fingerprint density at radius 3 is 2.65 bits per heavy atom. The van der Waals surface area contributed by atoms with E-state index in [0.29, 0.717) is 6.42 Å². The molecule has 1 aliphatic carbocycles. The molecular weight excluding hydrogens is 314 g/mol. The zero-order valence-corrected chi connectivity index (χ0v) is 13.6. The Labute approximate surface area is 127 Å². The van der Waals surface area contributed by atoms with Crippen molar-refractivity contribution in [2.24, 2.45) is 5.41 Å². The summed E-state index contributed by atoms with van der Waals surface area (Å²) < 4.78 is 3.21. The Morgan fingerprint density at radius 2 is 1.95 bits per heavy atom. The molecule has 0 radical (unpaired) electrons. The number of hydrogen-bond acceptors (Lipinski definition) is 1. The van der Waals surface area contributed by atoms with Crippen LogP contribution in [0.1, 0.15) is 41.9 Å². The molecule has 1 aromatic heterocycles. The van der Waals surface area contributed by atoms with Gasteiger partial charge in [-0.1, -0.05) is 19.9 Å². The summed E-state index contributed by atoms with van der Waals surface area (Å²) in [5.41, 5.74) is 4.38. The minimum atomic E-state index is 0.0390. The molecule has 1 heterocycles. The number of Topliss-reactive ketones (excluding diaryl/α,β-unsaturated/α-hetero) is 1. The van der Waals surface area contributed by atoms with Crippen LogP contribution in [0.25, 0.3) is 5.69 Å². The molecule has 0 fully saturated rings. The van der Waals surface area contributed by atoms with Gasteiger partial charge in [-0.2, -0.15) is 0 Å². The van der Waals surface area contributed by atoms with Crippen LogP contribution >= 0.6 is 15.9 Å². The van der Waals surface area contributed by atoms with Crippen LogP contribution in [0.5, 0.6) is 0 Å². The van der Waals surface area contributed by atoms with Gasteiger partial charge in [0.1, 0.15) is 0 Å². The molecular formula is C17H18BrNO. The number of carbonyl (C=O) groups is 1. The number of fused-ring (bicyclic) bond motifs is 1. The fourth-order valence-corrected chi connectivity index (χ4v) is 3.66. The highest BCUT2D eigenvalue weighted by Crippen LogP contribution is 2.37. The van der Waals surface area contributed by atoms with Crippen molar-refractivity contribution in [3.8, 4) is 5.69 Å². The van der Waals surface area contributed by atoms with E-state index < -0.39 is 0 Å². The van der Waals surface area contributed by atoms with Crippen molar-refractivity contribution in [3.63, 3.8) is 0 Å². The topological polar surface area (TPSA) is 22.0 Å². The smallest absolute Gasteiger partial charge is 0.165 e. The summed E-state index contributed by atoms with van der Waals surface area (Å²) >= 11 is 3.63. The highest BCUT2D eigenvalue weighted by Gasteiger charge is 2.33. The third kappa shape index (κ3) is 2.24. The number of hydrogen-bond donors (Lipinski definition) is 0. The van der Waals surface area contributed by atoms with E-state index in [4.69, 9.17) is 0 Å². The predicted octanol–water partition coefficient (Wildman–Crippen LogP) is 4.70. The monoisotopic (exact) mass is 331 g/mol. The van der Waals surface area contributed by atoms with Crippen molar-refractivity contribution in [3.05, 3.63) is 51.8 Å². The van der Waals surface area contributed by atoms with Crippen LogP contribution in [0.15, 0.2) is 34.9 Å². The quantitative estimate of drug-likeness (QED) is 0.742. The van der Waals surface area contributed by atoms with Gasteiger partial charge >= 0.3 is 0 Å². The van der Waals surface area contributed by atoms with E-state index in [0.717, 1.165) is 27.8 Å². The second kappa shape index (κ2) is 4.59. The van der Waals surface area contributed by atoms with Crippen LogP contribution in [0.2, 0.25) is 0 Å². The molecule has 2 aromatic rings. The summed E-state index contributed by atoms with van der Waals surface area (Å²) in [5.74, 6) is 0.262. The van der Waals surface area contributed by atoms with E-state index in [1.807, 2.05) is 12.3 Å². The minimum absolute atomic E-state index is 0.0390. The normalized spacial score (nSPS) is 17.1. The van der Waals surface area contributed by atoms with Crippen LogP contribution < -0.4 is 0 Å². The van der Waals surface area contributed by atoms with Crippen LogP contribution in [-0.4, -0.2) is 10.4 Å². The highest BCUT2D eigenvalue weighted by atomic mass is 79.9. The Balaban J connectivity index is 2.16. The van der Waals surface area contributed by atoms with Gasteiger partial charge in [0.05, 0.1) is 5.69 Å². The molecule has 0 bridgehead atoms. The Hall–Kier alpha value is -1.35. The van der Waals surface area contributed by atoms with Gasteiger partial charge in [0.15, 0.2) is 5.78 Å². The lowest BCUT2D eigenvalue weighted by molar-refractivity contribution is 0.0911. The second-order valence-corrected chi connectivity index (χ2v) is 7.30. The maximum Gasteiger partial charge on any atom is 0.165 e. The number of aryl methyl sites for hydroxylation is 1. The third-order valence-corrected chi connectivity index (χ3v) is 4.58. The fourth-order valence-electron chi connectivity index (χ4n) is 2.98. The molecule has 3 heteroatoms. The lowest BCUT2D eigenvalue weighted by Gasteiger charge is -2.29. The van der Waals surface area contributed by atoms with Crippen molar-refractivity contribution >= 4 is 21.7 Å². The lowest BCUT2D eigenvalue weighted by atomic mass is 9.76. The van der Waals surface area contributed by atoms with E-state index in [9.17, 15) is 4.79 Å². The van der Waals surface area contributed by atoms with Gasteiger partial charge in [0, 0.05) is 28.3 Å². The van der Waals surface area contributed by atoms with Gasteiger partial charge in [-0.05, 0) is 58.5 Å². The first-order chi connectivity index (χ1) is 9.37. The van der Waals surface area contributed by atoms with Gasteiger partial charge in [-0.25, -0.2) is 0 Å². The summed E-state index contributed by atoms with van der Waals surface area (Å²) in [5, 5.41) is 0. The standard InChI is InChI=1S/C17H18BrNO/c1-11-4-5-14(13(18)8-11)19-7-6-12-15(19)9-17(2,3)10-16(12)20/h4-8H,9-10H2,1-3H3. The van der Waals surface area contributed by atoms with E-state index >= 15 is 0 Å². The van der Waals surface area contributed by atoms with Gasteiger partial charge in [-0.15, -0.1) is 0 Å². The van der Waals surface area contributed by atoms with Crippen molar-refractivity contribution in [1.82, 2.24) is 4.57 Å². The van der Waals surface area contributed by atoms with Crippen molar-refractivity contribution in [2.75, 3.05) is 0 Å². The first-order valence-electron chi connectivity index (χ1n) is 6.87. The first-order valence-corrected chi connectivity index (χ1v) is 7.67. The molecule has 0 atom stereocenters. The largest absolute Gasteiger partial charge is 0.319 e. The van der Waals surface area contributed by atoms with E-state index in [1.54, 1.807) is 0 Å². The van der Waals surface area contributed by atoms with Crippen LogP contribution in [0, 0.1) is 12.3 Å². The van der Waals surface area contributed by atoms with Crippen LogP contribution in [0.3, 0.4) is 0 Å². The first kappa shape index (κ1) is 13.6. The maximum atomic E-state index is 12.3. The van der Waals surface area contributed by atoms with Gasteiger partial charge in [0.25, 0.3) is 0 Å². The molecule has 0 spiro atoms. The number of aromatic nitrogens is 1. The molecule has 104 valence electrons. The number of nitrogens with zero attached hydrogens (tertiary/aromatic N) is 1. The van der Waals surface area contributed by atoms with E-state index in [1.165, 1.54) is 5.56 Å². The average molecular weight is 332 g/mol. The molecule has 0 aliphatic heterocycles. The number of benzene rings is 1. The molecule has 0 saturated carbocycles. The van der Waals surface area contributed by atoms with Gasteiger partial charge in [-0.3, -0.25) is 4.79 Å². The molecule has 3 rings (SSSR count). The number of ketones is 1. The summed E-state index contributed by atoms with van der Waals surface area (Å²) in [6.45, 7) is 6.40. The van der Waals surface area contributed by atoms with Crippen molar-refractivity contribution in [2.45, 2.75) is 33.6 Å². The number of rotatable bonds is 1. The summed E-state index contributed by atoms with van der Waals surface area (Å²) in [4.78, 5) is 12.3. The molecule has 2 nitrogen and oxygen atoms in total. The Morgan fingerprint density at radius 1 is 1.20 bits per heavy atom. The molecule has 1 aromatic carbocycles. The number of carbonyl (C=O) groups excluding carboxylic acids is 1. The van der Waals surface area contributed by atoms with Crippen LogP contribution in [-0.2, 0) is 6.42 Å². The number of halogens is 1. The fraction of sp³-hybridized carbons (Fsp3) is 0.353. The summed E-state index contributed by atoms with van der Waals surface area (Å²) in [6, 6.07) is 8.27. The molecule has 0 saturated heterocycles. The van der Waals surface area contributed by atoms with Gasteiger partial charge < -0.3 is 4.57 Å². The Bertz CT molecular complexity index is 697. The highest BCUT2D eigenvalue weighted by molar-refractivity contribution is 9.10. The molecule has 0 N–H and O–H groups in total. The minimum Gasteiger partial charge on any atom is -0.319 e. The maximum absolute atomic E-state index is 12.3. The average Bonchev–Trinajstić information content (AvgIpc) is 2.71. The van der Waals surface area contributed by atoms with E-state index in [2.05, 4.69) is 59.5 Å². The van der Waals surface area contributed by atoms with Gasteiger partial charge in [0.2, 0.25) is 0 Å². The van der Waals surface area contributed by atoms with Crippen molar-refractivity contribution in [1.29, 1.82) is 0 Å². The Kier molecular flexibility index (Phi) is 3.13. The molecule has 0 amide bonds.